The normalized spacial score (nSPS) is 14.7. The molecule has 1 aromatic carbocycles. The minimum absolute atomic E-state index is 0.00313. The Kier molecular flexibility index (Phi) is 8.23. The van der Waals surface area contributed by atoms with Gasteiger partial charge in [-0.2, -0.15) is 5.26 Å². The molecule has 1 amide bonds. The number of nitrogens with one attached hydrogen (secondary N) is 2. The van der Waals surface area contributed by atoms with Crippen LogP contribution in [0, 0.1) is 11.3 Å². The van der Waals surface area contributed by atoms with E-state index in [9.17, 15) is 4.79 Å². The van der Waals surface area contributed by atoms with Crippen molar-refractivity contribution in [1.82, 2.24) is 4.90 Å². The summed E-state index contributed by atoms with van der Waals surface area (Å²) in [6.45, 7) is 7.52. The Hall–Kier alpha value is -2.10. The summed E-state index contributed by atoms with van der Waals surface area (Å²) in [6, 6.07) is 7.45. The number of anilines is 2. The van der Waals surface area contributed by atoms with Gasteiger partial charge in [-0.25, -0.2) is 0 Å². The van der Waals surface area contributed by atoms with Crippen molar-refractivity contribution in [3.8, 4) is 6.07 Å². The molecule has 0 bridgehead atoms. The van der Waals surface area contributed by atoms with E-state index in [1.54, 1.807) is 12.1 Å². The number of rotatable bonds is 9. The van der Waals surface area contributed by atoms with Gasteiger partial charge in [0.2, 0.25) is 5.91 Å². The SMILES string of the molecule is CCCNc1ccc(C#N)cc1NC(=O)CCCCN1CCOCC1. The molecule has 0 aromatic heterocycles. The zero-order valence-electron chi connectivity index (χ0n) is 15.0. The van der Waals surface area contributed by atoms with Crippen LogP contribution < -0.4 is 10.6 Å². The van der Waals surface area contributed by atoms with Crippen LogP contribution in [0.2, 0.25) is 0 Å². The van der Waals surface area contributed by atoms with E-state index in [0.29, 0.717) is 17.7 Å². The lowest BCUT2D eigenvalue weighted by Gasteiger charge is -2.26. The van der Waals surface area contributed by atoms with Crippen molar-refractivity contribution in [1.29, 1.82) is 5.26 Å². The number of amides is 1. The first-order valence-electron chi connectivity index (χ1n) is 9.11. The van der Waals surface area contributed by atoms with Crippen LogP contribution in [0.15, 0.2) is 18.2 Å². The van der Waals surface area contributed by atoms with Crippen molar-refractivity contribution in [2.24, 2.45) is 0 Å². The van der Waals surface area contributed by atoms with Crippen molar-refractivity contribution in [3.05, 3.63) is 23.8 Å². The Balaban J connectivity index is 1.79. The van der Waals surface area contributed by atoms with Crippen LogP contribution in [-0.4, -0.2) is 50.2 Å². The summed E-state index contributed by atoms with van der Waals surface area (Å²) in [5.74, 6) is -0.00313. The summed E-state index contributed by atoms with van der Waals surface area (Å²) in [6.07, 6.45) is 3.36. The highest BCUT2D eigenvalue weighted by Gasteiger charge is 2.11. The molecule has 1 aliphatic rings. The van der Waals surface area contributed by atoms with Crippen molar-refractivity contribution >= 4 is 17.3 Å². The number of carbonyl (C=O) groups excluding carboxylic acids is 1. The second-order valence-electron chi connectivity index (χ2n) is 6.26. The lowest BCUT2D eigenvalue weighted by atomic mass is 10.1. The van der Waals surface area contributed by atoms with Crippen molar-refractivity contribution in [2.45, 2.75) is 32.6 Å². The fourth-order valence-corrected chi connectivity index (χ4v) is 2.79. The first-order valence-corrected chi connectivity index (χ1v) is 9.11. The lowest BCUT2D eigenvalue weighted by Crippen LogP contribution is -2.36. The number of carbonyl (C=O) groups is 1. The van der Waals surface area contributed by atoms with E-state index in [0.717, 1.165) is 64.3 Å². The Labute approximate surface area is 150 Å². The monoisotopic (exact) mass is 344 g/mol. The Bertz CT molecular complexity index is 592. The lowest BCUT2D eigenvalue weighted by molar-refractivity contribution is -0.116. The average molecular weight is 344 g/mol. The number of unbranched alkanes of at least 4 members (excludes halogenated alkanes) is 1. The molecule has 1 heterocycles. The largest absolute Gasteiger partial charge is 0.383 e. The predicted octanol–water partition coefficient (Wildman–Crippen LogP) is 2.82. The van der Waals surface area contributed by atoms with Gasteiger partial charge in [0.05, 0.1) is 36.2 Å². The van der Waals surface area contributed by atoms with Gasteiger partial charge >= 0.3 is 0 Å². The molecule has 1 aromatic rings. The van der Waals surface area contributed by atoms with Crippen LogP contribution in [0.1, 0.15) is 38.2 Å². The summed E-state index contributed by atoms with van der Waals surface area (Å²) in [5.41, 5.74) is 2.10. The summed E-state index contributed by atoms with van der Waals surface area (Å²) in [5, 5.41) is 15.3. The Morgan fingerprint density at radius 2 is 2.08 bits per heavy atom. The molecular weight excluding hydrogens is 316 g/mol. The second-order valence-corrected chi connectivity index (χ2v) is 6.26. The van der Waals surface area contributed by atoms with Crippen molar-refractivity contribution in [3.63, 3.8) is 0 Å². The average Bonchev–Trinajstić information content (AvgIpc) is 2.65. The molecule has 25 heavy (non-hydrogen) atoms. The maximum Gasteiger partial charge on any atom is 0.224 e. The van der Waals surface area contributed by atoms with Crippen molar-refractivity contribution in [2.75, 3.05) is 50.0 Å². The van der Waals surface area contributed by atoms with E-state index < -0.39 is 0 Å². The zero-order chi connectivity index (χ0) is 17.9. The van der Waals surface area contributed by atoms with Gasteiger partial charge in [0.15, 0.2) is 0 Å². The molecule has 2 rings (SSSR count). The summed E-state index contributed by atoms with van der Waals surface area (Å²) >= 11 is 0. The van der Waals surface area contributed by atoms with Crippen LogP contribution in [-0.2, 0) is 9.53 Å². The smallest absolute Gasteiger partial charge is 0.224 e. The third-order valence-corrected chi connectivity index (χ3v) is 4.22. The highest BCUT2D eigenvalue weighted by atomic mass is 16.5. The highest BCUT2D eigenvalue weighted by molar-refractivity contribution is 5.94. The van der Waals surface area contributed by atoms with E-state index in [1.807, 2.05) is 6.07 Å². The Morgan fingerprint density at radius 3 is 2.80 bits per heavy atom. The summed E-state index contributed by atoms with van der Waals surface area (Å²) in [7, 11) is 0. The van der Waals surface area contributed by atoms with Gasteiger partial charge < -0.3 is 15.4 Å². The van der Waals surface area contributed by atoms with Gasteiger partial charge in [0, 0.05) is 26.1 Å². The molecule has 2 N–H and O–H groups in total. The number of morpholine rings is 1. The standard InChI is InChI=1S/C19H28N4O2/c1-2-8-21-17-7-6-16(15-20)14-18(17)22-19(24)5-3-4-9-23-10-12-25-13-11-23/h6-7,14,21H,2-5,8-13H2,1H3,(H,22,24). The number of hydrogen-bond donors (Lipinski definition) is 2. The van der Waals surface area contributed by atoms with Gasteiger partial charge in [-0.15, -0.1) is 0 Å². The number of nitrogens with zero attached hydrogens (tertiary/aromatic N) is 2. The summed E-state index contributed by atoms with van der Waals surface area (Å²) < 4.78 is 5.33. The van der Waals surface area contributed by atoms with Crippen LogP contribution in [0.4, 0.5) is 11.4 Å². The van der Waals surface area contributed by atoms with Gasteiger partial charge in [0.25, 0.3) is 0 Å². The van der Waals surface area contributed by atoms with E-state index in [-0.39, 0.29) is 5.91 Å². The first kappa shape index (κ1) is 19.2. The molecule has 1 aliphatic heterocycles. The minimum atomic E-state index is -0.00313. The zero-order valence-corrected chi connectivity index (χ0v) is 15.0. The predicted molar refractivity (Wildman–Crippen MR) is 99.7 cm³/mol. The number of ether oxygens (including phenoxy) is 1. The number of benzene rings is 1. The molecule has 136 valence electrons. The molecule has 1 fully saturated rings. The molecule has 1 saturated heterocycles. The van der Waals surface area contributed by atoms with E-state index in [2.05, 4.69) is 28.5 Å². The highest BCUT2D eigenvalue weighted by Crippen LogP contribution is 2.23. The Morgan fingerprint density at radius 1 is 1.28 bits per heavy atom. The third kappa shape index (κ3) is 6.73. The molecule has 0 atom stereocenters. The van der Waals surface area contributed by atoms with E-state index in [1.165, 1.54) is 0 Å². The van der Waals surface area contributed by atoms with Gasteiger partial charge in [-0.1, -0.05) is 6.92 Å². The minimum Gasteiger partial charge on any atom is -0.383 e. The molecule has 0 saturated carbocycles. The van der Waals surface area contributed by atoms with E-state index >= 15 is 0 Å². The fraction of sp³-hybridized carbons (Fsp3) is 0.579. The topological polar surface area (TPSA) is 77.4 Å². The fourth-order valence-electron chi connectivity index (χ4n) is 2.79. The molecule has 6 nitrogen and oxygen atoms in total. The van der Waals surface area contributed by atoms with Crippen LogP contribution in [0.3, 0.4) is 0 Å². The van der Waals surface area contributed by atoms with Crippen LogP contribution in [0.25, 0.3) is 0 Å². The van der Waals surface area contributed by atoms with Crippen LogP contribution >= 0.6 is 0 Å². The number of nitriles is 1. The maximum atomic E-state index is 12.2. The second kappa shape index (κ2) is 10.7. The molecule has 0 aliphatic carbocycles. The quantitative estimate of drug-likeness (QED) is 0.674. The third-order valence-electron chi connectivity index (χ3n) is 4.22. The van der Waals surface area contributed by atoms with Crippen molar-refractivity contribution < 1.29 is 9.53 Å². The molecule has 0 spiro atoms. The van der Waals surface area contributed by atoms with Gasteiger partial charge in [-0.05, 0) is 44.0 Å². The molecule has 6 heteroatoms. The molecular formula is C19H28N4O2. The van der Waals surface area contributed by atoms with Crippen LogP contribution in [0.5, 0.6) is 0 Å². The number of hydrogen-bond acceptors (Lipinski definition) is 5. The van der Waals surface area contributed by atoms with Gasteiger partial charge in [0.1, 0.15) is 0 Å². The first-order chi connectivity index (χ1) is 12.2. The maximum absolute atomic E-state index is 12.2. The summed E-state index contributed by atoms with van der Waals surface area (Å²) in [4.78, 5) is 14.6. The molecule has 0 unspecified atom stereocenters. The van der Waals surface area contributed by atoms with E-state index in [4.69, 9.17) is 10.00 Å². The molecule has 0 radical (unpaired) electrons. The van der Waals surface area contributed by atoms with Gasteiger partial charge in [-0.3, -0.25) is 9.69 Å².